The van der Waals surface area contributed by atoms with E-state index < -0.39 is 0 Å². The fraction of sp³-hybridized carbons (Fsp3) is 0.467. The first-order valence-corrected chi connectivity index (χ1v) is 8.17. The number of hydrogen-bond acceptors (Lipinski definition) is 5. The summed E-state index contributed by atoms with van der Waals surface area (Å²) < 4.78 is 1.82. The zero-order valence-electron chi connectivity index (χ0n) is 12.9. The summed E-state index contributed by atoms with van der Waals surface area (Å²) in [6.45, 7) is 6.56. The normalized spacial score (nSPS) is 10.9. The number of nitrogens with one attached hydrogen (secondary N) is 2. The van der Waals surface area contributed by atoms with Gasteiger partial charge in [-0.25, -0.2) is 0 Å². The second-order valence-corrected chi connectivity index (χ2v) is 5.95. The molecule has 0 aliphatic carbocycles. The lowest BCUT2D eigenvalue weighted by Gasteiger charge is -2.07. The van der Waals surface area contributed by atoms with Crippen LogP contribution in [0.5, 0.6) is 0 Å². The highest BCUT2D eigenvalue weighted by Crippen LogP contribution is 2.12. The monoisotopic (exact) mass is 322 g/mol. The SMILES string of the molecule is Cc1nn(CCO)c(C)c1CNCCNC(=O)c1cccs1. The highest BCUT2D eigenvalue weighted by Gasteiger charge is 2.10. The van der Waals surface area contributed by atoms with Crippen LogP contribution in [0, 0.1) is 13.8 Å². The van der Waals surface area contributed by atoms with E-state index in [0.717, 1.165) is 21.8 Å². The van der Waals surface area contributed by atoms with Gasteiger partial charge in [0.25, 0.3) is 5.91 Å². The van der Waals surface area contributed by atoms with Gasteiger partial charge in [0.1, 0.15) is 0 Å². The predicted molar refractivity (Wildman–Crippen MR) is 87.1 cm³/mol. The molecule has 0 spiro atoms. The molecule has 0 atom stereocenters. The standard InChI is InChI=1S/C15H22N4O2S/c1-11-13(12(2)19(18-11)7-8-20)10-16-5-6-17-15(21)14-4-3-9-22-14/h3-4,9,16,20H,5-8,10H2,1-2H3,(H,17,21). The molecule has 0 saturated carbocycles. The Hall–Kier alpha value is -1.70. The molecular weight excluding hydrogens is 300 g/mol. The van der Waals surface area contributed by atoms with Crippen LogP contribution < -0.4 is 10.6 Å². The zero-order valence-corrected chi connectivity index (χ0v) is 13.7. The van der Waals surface area contributed by atoms with E-state index in [0.29, 0.717) is 26.2 Å². The highest BCUT2D eigenvalue weighted by atomic mass is 32.1. The lowest BCUT2D eigenvalue weighted by molar-refractivity contribution is 0.0958. The minimum absolute atomic E-state index is 0.0278. The van der Waals surface area contributed by atoms with Crippen molar-refractivity contribution >= 4 is 17.2 Å². The Bertz CT molecular complexity index is 607. The Labute approximate surface area is 134 Å². The summed E-state index contributed by atoms with van der Waals surface area (Å²) in [7, 11) is 0. The molecule has 1 amide bonds. The number of thiophene rings is 1. The summed E-state index contributed by atoms with van der Waals surface area (Å²) in [5.74, 6) is -0.0278. The number of rotatable bonds is 8. The third-order valence-electron chi connectivity index (χ3n) is 3.48. The smallest absolute Gasteiger partial charge is 0.261 e. The first-order valence-electron chi connectivity index (χ1n) is 7.29. The summed E-state index contributed by atoms with van der Waals surface area (Å²) in [4.78, 5) is 12.5. The summed E-state index contributed by atoms with van der Waals surface area (Å²) in [5.41, 5.74) is 3.20. The number of amides is 1. The van der Waals surface area contributed by atoms with Crippen molar-refractivity contribution in [3.63, 3.8) is 0 Å². The Morgan fingerprint density at radius 2 is 2.23 bits per heavy atom. The van der Waals surface area contributed by atoms with Gasteiger partial charge < -0.3 is 15.7 Å². The molecule has 0 fully saturated rings. The molecule has 120 valence electrons. The first-order chi connectivity index (χ1) is 10.6. The molecule has 0 aliphatic heterocycles. The van der Waals surface area contributed by atoms with Crippen molar-refractivity contribution < 1.29 is 9.90 Å². The number of carbonyl (C=O) groups excluding carboxylic acids is 1. The molecule has 2 rings (SSSR count). The molecule has 2 heterocycles. The number of aromatic nitrogens is 2. The van der Waals surface area contributed by atoms with Gasteiger partial charge >= 0.3 is 0 Å². The second kappa shape index (κ2) is 8.07. The number of aliphatic hydroxyl groups excluding tert-OH is 1. The summed E-state index contributed by atoms with van der Waals surface area (Å²) in [6, 6.07) is 3.68. The Kier molecular flexibility index (Phi) is 6.11. The molecule has 2 aromatic rings. The van der Waals surface area contributed by atoms with Crippen molar-refractivity contribution in [3.05, 3.63) is 39.3 Å². The average molecular weight is 322 g/mol. The molecule has 7 heteroatoms. The molecule has 0 saturated heterocycles. The molecule has 0 bridgehead atoms. The van der Waals surface area contributed by atoms with Crippen LogP contribution in [0.3, 0.4) is 0 Å². The van der Waals surface area contributed by atoms with Gasteiger partial charge in [0.2, 0.25) is 0 Å². The molecule has 6 nitrogen and oxygen atoms in total. The molecule has 2 aromatic heterocycles. The number of hydrogen-bond donors (Lipinski definition) is 3. The molecule has 0 aliphatic rings. The molecular formula is C15H22N4O2S. The maximum Gasteiger partial charge on any atom is 0.261 e. The van der Waals surface area contributed by atoms with Gasteiger partial charge in [0.05, 0.1) is 23.7 Å². The van der Waals surface area contributed by atoms with Crippen LogP contribution in [0.2, 0.25) is 0 Å². The van der Waals surface area contributed by atoms with E-state index in [1.165, 1.54) is 11.3 Å². The Balaban J connectivity index is 1.74. The van der Waals surface area contributed by atoms with Crippen molar-refractivity contribution in [2.45, 2.75) is 26.9 Å². The number of nitrogens with zero attached hydrogens (tertiary/aromatic N) is 2. The Morgan fingerprint density at radius 3 is 2.91 bits per heavy atom. The van der Waals surface area contributed by atoms with Crippen LogP contribution in [-0.4, -0.2) is 40.5 Å². The van der Waals surface area contributed by atoms with Crippen LogP contribution in [0.4, 0.5) is 0 Å². The van der Waals surface area contributed by atoms with Crippen LogP contribution in [0.25, 0.3) is 0 Å². The summed E-state index contributed by atoms with van der Waals surface area (Å²) in [6.07, 6.45) is 0. The van der Waals surface area contributed by atoms with Crippen LogP contribution in [0.1, 0.15) is 26.6 Å². The van der Waals surface area contributed by atoms with Crippen molar-refractivity contribution in [1.82, 2.24) is 20.4 Å². The van der Waals surface area contributed by atoms with E-state index in [1.54, 1.807) is 0 Å². The summed E-state index contributed by atoms with van der Waals surface area (Å²) >= 11 is 1.44. The average Bonchev–Trinajstić information content (AvgIpc) is 3.11. The van der Waals surface area contributed by atoms with Crippen molar-refractivity contribution in [2.75, 3.05) is 19.7 Å². The van der Waals surface area contributed by atoms with E-state index in [1.807, 2.05) is 36.0 Å². The maximum atomic E-state index is 11.8. The van der Waals surface area contributed by atoms with Gasteiger partial charge in [-0.2, -0.15) is 5.10 Å². The van der Waals surface area contributed by atoms with Crippen LogP contribution in [0.15, 0.2) is 17.5 Å². The van der Waals surface area contributed by atoms with Crippen molar-refractivity contribution in [3.8, 4) is 0 Å². The van der Waals surface area contributed by atoms with Gasteiger partial charge in [-0.15, -0.1) is 11.3 Å². The van der Waals surface area contributed by atoms with E-state index in [2.05, 4.69) is 15.7 Å². The van der Waals surface area contributed by atoms with Gasteiger partial charge in [-0.1, -0.05) is 6.07 Å². The van der Waals surface area contributed by atoms with Gasteiger partial charge in [0, 0.05) is 30.9 Å². The molecule has 0 unspecified atom stereocenters. The number of aryl methyl sites for hydroxylation is 1. The fourth-order valence-corrected chi connectivity index (χ4v) is 2.92. The van der Waals surface area contributed by atoms with E-state index in [4.69, 9.17) is 5.11 Å². The predicted octanol–water partition coefficient (Wildman–Crippen LogP) is 1.07. The van der Waals surface area contributed by atoms with Gasteiger partial charge in [0.15, 0.2) is 0 Å². The van der Waals surface area contributed by atoms with Crippen LogP contribution >= 0.6 is 11.3 Å². The largest absolute Gasteiger partial charge is 0.394 e. The van der Waals surface area contributed by atoms with E-state index in [9.17, 15) is 4.79 Å². The molecule has 3 N–H and O–H groups in total. The zero-order chi connectivity index (χ0) is 15.9. The minimum Gasteiger partial charge on any atom is -0.394 e. The third-order valence-corrected chi connectivity index (χ3v) is 4.35. The van der Waals surface area contributed by atoms with Crippen molar-refractivity contribution in [1.29, 1.82) is 0 Å². The molecule has 0 aromatic carbocycles. The molecule has 0 radical (unpaired) electrons. The lowest BCUT2D eigenvalue weighted by atomic mass is 10.2. The second-order valence-electron chi connectivity index (χ2n) is 5.01. The minimum atomic E-state index is -0.0278. The topological polar surface area (TPSA) is 79.2 Å². The number of aliphatic hydroxyl groups is 1. The maximum absolute atomic E-state index is 11.8. The fourth-order valence-electron chi connectivity index (χ4n) is 2.27. The quantitative estimate of drug-likeness (QED) is 0.635. The van der Waals surface area contributed by atoms with Crippen LogP contribution in [-0.2, 0) is 13.1 Å². The van der Waals surface area contributed by atoms with Gasteiger partial charge in [-0.05, 0) is 25.3 Å². The number of carbonyl (C=O) groups is 1. The van der Waals surface area contributed by atoms with Gasteiger partial charge in [-0.3, -0.25) is 9.48 Å². The first kappa shape index (κ1) is 16.7. The molecule has 22 heavy (non-hydrogen) atoms. The highest BCUT2D eigenvalue weighted by molar-refractivity contribution is 7.12. The van der Waals surface area contributed by atoms with E-state index >= 15 is 0 Å². The lowest BCUT2D eigenvalue weighted by Crippen LogP contribution is -2.31. The summed E-state index contributed by atoms with van der Waals surface area (Å²) in [5, 5.41) is 21.5. The third kappa shape index (κ3) is 4.16. The Morgan fingerprint density at radius 1 is 1.41 bits per heavy atom. The van der Waals surface area contributed by atoms with Crippen molar-refractivity contribution in [2.24, 2.45) is 0 Å². The van der Waals surface area contributed by atoms with E-state index in [-0.39, 0.29) is 12.5 Å².